The molecule has 1 amide bonds. The van der Waals surface area contributed by atoms with E-state index in [2.05, 4.69) is 21.4 Å². The van der Waals surface area contributed by atoms with Gasteiger partial charge >= 0.3 is 0 Å². The first-order valence-corrected chi connectivity index (χ1v) is 18.3. The molecule has 52 heavy (non-hydrogen) atoms. The highest BCUT2D eigenvalue weighted by Gasteiger charge is 2.42. The van der Waals surface area contributed by atoms with Gasteiger partial charge in [0.25, 0.3) is 5.56 Å². The number of carbonyl (C=O) groups excluding carboxylic acids is 1. The summed E-state index contributed by atoms with van der Waals surface area (Å²) in [5.41, 5.74) is 7.23. The van der Waals surface area contributed by atoms with Gasteiger partial charge in [-0.1, -0.05) is 55.2 Å². The summed E-state index contributed by atoms with van der Waals surface area (Å²) >= 11 is 19.5. The zero-order valence-electron chi connectivity index (χ0n) is 30.0. The second-order valence-corrected chi connectivity index (χ2v) is 15.4. The molecule has 14 heteroatoms. The van der Waals surface area contributed by atoms with Gasteiger partial charge in [0.05, 0.1) is 49.4 Å². The molecule has 0 aliphatic carbocycles. The molecule has 276 valence electrons. The van der Waals surface area contributed by atoms with Crippen molar-refractivity contribution in [1.82, 2.24) is 19.4 Å². The lowest BCUT2D eigenvalue weighted by atomic mass is 9.94. The van der Waals surface area contributed by atoms with E-state index < -0.39 is 22.8 Å². The number of fused-ring (bicyclic) bond motifs is 5. The van der Waals surface area contributed by atoms with Gasteiger partial charge in [-0.25, -0.2) is 8.78 Å². The highest BCUT2D eigenvalue weighted by atomic mass is 35.5. The van der Waals surface area contributed by atoms with Crippen molar-refractivity contribution in [3.05, 3.63) is 85.4 Å². The molecule has 0 bridgehead atoms. The fourth-order valence-electron chi connectivity index (χ4n) is 7.62. The van der Waals surface area contributed by atoms with Crippen LogP contribution in [-0.2, 0) is 4.79 Å². The largest absolute Gasteiger partial charge is 0.397 e. The highest BCUT2D eigenvalue weighted by Crippen LogP contribution is 2.49. The maximum atomic E-state index is 17.8. The Bertz CT molecular complexity index is 2150. The Morgan fingerprint density at radius 3 is 2.42 bits per heavy atom. The van der Waals surface area contributed by atoms with Gasteiger partial charge in [-0.05, 0) is 76.7 Å². The second kappa shape index (κ2) is 14.5. The summed E-state index contributed by atoms with van der Waals surface area (Å²) in [6.07, 6.45) is 3.69. The van der Waals surface area contributed by atoms with Crippen LogP contribution >= 0.6 is 34.8 Å². The van der Waals surface area contributed by atoms with Crippen molar-refractivity contribution in [1.29, 1.82) is 0 Å². The molecule has 2 N–H and O–H groups in total. The van der Waals surface area contributed by atoms with Gasteiger partial charge in [-0.15, -0.1) is 0 Å². The Labute approximate surface area is 317 Å². The number of nitrogens with zero attached hydrogens (tertiary/aromatic N) is 6. The van der Waals surface area contributed by atoms with Gasteiger partial charge in [-0.3, -0.25) is 19.1 Å². The number of nitrogen functional groups attached to an aromatic ring is 1. The minimum absolute atomic E-state index is 0.0814. The van der Waals surface area contributed by atoms with E-state index in [0.717, 1.165) is 19.0 Å². The van der Waals surface area contributed by atoms with E-state index in [-0.39, 0.29) is 55.7 Å². The Balaban J connectivity index is 1.78. The van der Waals surface area contributed by atoms with Gasteiger partial charge in [0, 0.05) is 54.9 Å². The second-order valence-electron chi connectivity index (χ2n) is 14.2. The van der Waals surface area contributed by atoms with Crippen LogP contribution in [0.15, 0.2) is 41.8 Å². The van der Waals surface area contributed by atoms with Crippen molar-refractivity contribution < 1.29 is 13.6 Å². The Kier molecular flexibility index (Phi) is 10.5. The number of anilines is 3. The fourth-order valence-corrected chi connectivity index (χ4v) is 8.37. The first kappa shape index (κ1) is 37.8. The third kappa shape index (κ3) is 6.29. The monoisotopic (exact) mass is 771 g/mol. The first-order chi connectivity index (χ1) is 24.6. The lowest BCUT2D eigenvalue weighted by Gasteiger charge is -2.52. The Morgan fingerprint density at radius 2 is 1.77 bits per heavy atom. The standard InChI is InChI=1S/C38H42Cl3F2N7O2/c1-8-27(51)48-18-22-17-47(13-9-12-46(6)7)37-36(49(22)16-21(48)5)23-14-24(39)28(29-30(42)25(40)15-26(41)32(29)44)31(43)35(23)50(38(37)52)34-20(4)10-11-45-33(34)19(2)3/h8,10-11,14-15,19,21-22H,1,9,12-13,16-18,44H2,2-7H3. The summed E-state index contributed by atoms with van der Waals surface area (Å²) in [5.74, 6) is -2.32. The maximum Gasteiger partial charge on any atom is 0.281 e. The van der Waals surface area contributed by atoms with Crippen LogP contribution < -0.4 is 21.1 Å². The smallest absolute Gasteiger partial charge is 0.281 e. The van der Waals surface area contributed by atoms with Crippen molar-refractivity contribution >= 4 is 68.7 Å². The van der Waals surface area contributed by atoms with Crippen molar-refractivity contribution in [3.63, 3.8) is 0 Å². The molecule has 4 heterocycles. The molecule has 1 fully saturated rings. The van der Waals surface area contributed by atoms with Gasteiger partial charge in [0.15, 0.2) is 11.6 Å². The number of amides is 1. The van der Waals surface area contributed by atoms with E-state index in [1.54, 1.807) is 23.2 Å². The summed E-state index contributed by atoms with van der Waals surface area (Å²) in [4.78, 5) is 41.0. The molecule has 2 aromatic heterocycles. The summed E-state index contributed by atoms with van der Waals surface area (Å²) < 4.78 is 35.1. The van der Waals surface area contributed by atoms with E-state index in [1.165, 1.54) is 10.6 Å². The maximum absolute atomic E-state index is 17.8. The molecule has 0 spiro atoms. The lowest BCUT2D eigenvalue weighted by Crippen LogP contribution is -2.64. The van der Waals surface area contributed by atoms with Crippen molar-refractivity contribution in [2.45, 2.75) is 52.1 Å². The van der Waals surface area contributed by atoms with Crippen molar-refractivity contribution in [3.8, 4) is 16.8 Å². The molecule has 0 radical (unpaired) electrons. The van der Waals surface area contributed by atoms with Crippen LogP contribution in [0.1, 0.15) is 44.4 Å². The van der Waals surface area contributed by atoms with Crippen LogP contribution in [-0.4, -0.2) is 84.2 Å². The SMILES string of the molecule is C=CC(=O)N1CC2CN(CCCN(C)C)c3c(c4cc(Cl)c(-c5c(N)c(Cl)cc(Cl)c5F)c(F)c4n(-c4c(C)ccnc4C(C)C)c3=O)N2CC1C. The molecule has 2 aliphatic heterocycles. The molecule has 0 saturated carbocycles. The minimum Gasteiger partial charge on any atom is -0.397 e. The van der Waals surface area contributed by atoms with Crippen LogP contribution in [0.5, 0.6) is 0 Å². The number of hydrogen-bond donors (Lipinski definition) is 1. The number of hydrogen-bond acceptors (Lipinski definition) is 7. The molecule has 1 saturated heterocycles. The number of nitrogens with two attached hydrogens (primary N) is 1. The van der Waals surface area contributed by atoms with Gasteiger partial charge in [0.1, 0.15) is 5.69 Å². The molecule has 2 atom stereocenters. The summed E-state index contributed by atoms with van der Waals surface area (Å²) in [5, 5.41) is -0.260. The number of aromatic nitrogens is 2. The zero-order valence-corrected chi connectivity index (χ0v) is 32.3. The third-order valence-corrected chi connectivity index (χ3v) is 10.9. The molecule has 2 unspecified atom stereocenters. The number of carbonyl (C=O) groups is 1. The van der Waals surface area contributed by atoms with E-state index >= 15 is 13.6 Å². The number of halogens is 5. The van der Waals surface area contributed by atoms with Crippen LogP contribution in [0.4, 0.5) is 25.8 Å². The molecule has 6 rings (SSSR count). The predicted octanol–water partition coefficient (Wildman–Crippen LogP) is 7.67. The topological polar surface area (TPSA) is 90.9 Å². The van der Waals surface area contributed by atoms with E-state index in [9.17, 15) is 4.79 Å². The predicted molar refractivity (Wildman–Crippen MR) is 209 cm³/mol. The van der Waals surface area contributed by atoms with Crippen LogP contribution in [0.3, 0.4) is 0 Å². The lowest BCUT2D eigenvalue weighted by molar-refractivity contribution is -0.128. The summed E-state index contributed by atoms with van der Waals surface area (Å²) in [7, 11) is 3.97. The molecule has 2 aromatic carbocycles. The average Bonchev–Trinajstić information content (AvgIpc) is 3.08. The summed E-state index contributed by atoms with van der Waals surface area (Å²) in [6, 6.07) is 3.96. The average molecular weight is 773 g/mol. The van der Waals surface area contributed by atoms with E-state index in [1.807, 2.05) is 46.7 Å². The van der Waals surface area contributed by atoms with Gasteiger partial charge < -0.3 is 25.3 Å². The number of aryl methyl sites for hydroxylation is 1. The van der Waals surface area contributed by atoms with Gasteiger partial charge in [0.2, 0.25) is 5.91 Å². The number of pyridine rings is 2. The van der Waals surface area contributed by atoms with Gasteiger partial charge in [-0.2, -0.15) is 0 Å². The normalized spacial score (nSPS) is 17.3. The van der Waals surface area contributed by atoms with Crippen LogP contribution in [0, 0.1) is 18.6 Å². The number of piperazine rings is 1. The Morgan fingerprint density at radius 1 is 1.06 bits per heavy atom. The highest BCUT2D eigenvalue weighted by molar-refractivity contribution is 6.38. The zero-order chi connectivity index (χ0) is 37.9. The quantitative estimate of drug-likeness (QED) is 0.112. The number of benzene rings is 2. The molecular weight excluding hydrogens is 731 g/mol. The first-order valence-electron chi connectivity index (χ1n) is 17.2. The molecule has 4 aromatic rings. The Hall–Kier alpha value is -3.90. The molecule has 2 aliphatic rings. The van der Waals surface area contributed by atoms with Crippen LogP contribution in [0.2, 0.25) is 15.1 Å². The third-order valence-electron chi connectivity index (χ3n) is 10.1. The summed E-state index contributed by atoms with van der Waals surface area (Å²) in [6.45, 7) is 13.8. The van der Waals surface area contributed by atoms with Crippen molar-refractivity contribution in [2.24, 2.45) is 0 Å². The van der Waals surface area contributed by atoms with Crippen LogP contribution in [0.25, 0.3) is 27.7 Å². The number of rotatable bonds is 8. The van der Waals surface area contributed by atoms with Crippen molar-refractivity contribution in [2.75, 3.05) is 62.4 Å². The fraction of sp³-hybridized carbons (Fsp3) is 0.395. The minimum atomic E-state index is -1.00. The van der Waals surface area contributed by atoms with E-state index in [0.29, 0.717) is 59.9 Å². The molecule has 9 nitrogen and oxygen atoms in total. The molecular formula is C38H42Cl3F2N7O2. The van der Waals surface area contributed by atoms with E-state index in [4.69, 9.17) is 40.5 Å².